The molecule has 0 saturated heterocycles. The molecule has 3 N–H and O–H groups in total. The second-order valence-electron chi connectivity index (χ2n) is 3.59. The van der Waals surface area contributed by atoms with Gasteiger partial charge < -0.3 is 11.1 Å². The van der Waals surface area contributed by atoms with Crippen molar-refractivity contribution in [2.75, 3.05) is 13.1 Å². The van der Waals surface area contributed by atoms with E-state index in [9.17, 15) is 4.79 Å². The summed E-state index contributed by atoms with van der Waals surface area (Å²) in [5.41, 5.74) is 5.89. The van der Waals surface area contributed by atoms with E-state index in [1.54, 1.807) is 0 Å². The van der Waals surface area contributed by atoms with Gasteiger partial charge in [-0.05, 0) is 19.4 Å². The number of carbonyl (C=O) groups is 1. The molecule has 16 heavy (non-hydrogen) atoms. The van der Waals surface area contributed by atoms with E-state index < -0.39 is 0 Å². The lowest BCUT2D eigenvalue weighted by Crippen LogP contribution is -2.24. The molecule has 0 radical (unpaired) electrons. The number of nitrogens with two attached hydrogens (primary N) is 1. The SMILES string of the molecule is NCCCCCCNC(=O)c1cncnc1. The average Bonchev–Trinajstić information content (AvgIpc) is 2.34. The second-order valence-corrected chi connectivity index (χ2v) is 3.59. The van der Waals surface area contributed by atoms with Crippen LogP contribution < -0.4 is 11.1 Å². The highest BCUT2D eigenvalue weighted by Gasteiger charge is 2.03. The molecule has 88 valence electrons. The predicted molar refractivity (Wildman–Crippen MR) is 61.9 cm³/mol. The first-order valence-corrected chi connectivity index (χ1v) is 5.58. The van der Waals surface area contributed by atoms with Crippen molar-refractivity contribution in [3.8, 4) is 0 Å². The lowest BCUT2D eigenvalue weighted by atomic mass is 10.2. The van der Waals surface area contributed by atoms with E-state index in [1.165, 1.54) is 18.7 Å². The first kappa shape index (κ1) is 12.6. The molecule has 1 aromatic rings. The molecule has 0 aliphatic heterocycles. The average molecular weight is 222 g/mol. The number of aromatic nitrogens is 2. The van der Waals surface area contributed by atoms with Crippen LogP contribution in [0.5, 0.6) is 0 Å². The molecule has 0 aliphatic carbocycles. The zero-order valence-electron chi connectivity index (χ0n) is 9.35. The highest BCUT2D eigenvalue weighted by Crippen LogP contribution is 1.98. The number of amides is 1. The Bertz CT molecular complexity index is 302. The fourth-order valence-electron chi connectivity index (χ4n) is 1.34. The monoisotopic (exact) mass is 222 g/mol. The molecule has 5 heteroatoms. The molecule has 0 atom stereocenters. The Labute approximate surface area is 95.5 Å². The number of nitrogens with one attached hydrogen (secondary N) is 1. The second kappa shape index (κ2) is 7.76. The zero-order valence-corrected chi connectivity index (χ0v) is 9.35. The van der Waals surface area contributed by atoms with Crippen LogP contribution in [0.3, 0.4) is 0 Å². The molecule has 1 aromatic heterocycles. The minimum atomic E-state index is -0.112. The van der Waals surface area contributed by atoms with Crippen LogP contribution in [0.25, 0.3) is 0 Å². The number of hydrogen-bond acceptors (Lipinski definition) is 4. The van der Waals surface area contributed by atoms with Gasteiger partial charge in [-0.25, -0.2) is 9.97 Å². The van der Waals surface area contributed by atoms with E-state index in [4.69, 9.17) is 5.73 Å². The van der Waals surface area contributed by atoms with Crippen LogP contribution in [0, 0.1) is 0 Å². The minimum Gasteiger partial charge on any atom is -0.352 e. The predicted octanol–water partition coefficient (Wildman–Crippen LogP) is 0.725. The summed E-state index contributed by atoms with van der Waals surface area (Å²) in [6.45, 7) is 1.44. The van der Waals surface area contributed by atoms with Gasteiger partial charge in [-0.15, -0.1) is 0 Å². The van der Waals surface area contributed by atoms with Crippen molar-refractivity contribution >= 4 is 5.91 Å². The largest absolute Gasteiger partial charge is 0.352 e. The van der Waals surface area contributed by atoms with Crippen molar-refractivity contribution in [2.45, 2.75) is 25.7 Å². The molecule has 5 nitrogen and oxygen atoms in total. The van der Waals surface area contributed by atoms with Crippen LogP contribution >= 0.6 is 0 Å². The summed E-state index contributed by atoms with van der Waals surface area (Å²) in [6.07, 6.45) is 8.70. The number of rotatable bonds is 7. The topological polar surface area (TPSA) is 80.9 Å². The minimum absolute atomic E-state index is 0.112. The number of carbonyl (C=O) groups excluding carboxylic acids is 1. The van der Waals surface area contributed by atoms with Gasteiger partial charge >= 0.3 is 0 Å². The third-order valence-corrected chi connectivity index (χ3v) is 2.24. The van der Waals surface area contributed by atoms with Crippen LogP contribution in [-0.4, -0.2) is 29.0 Å². The molecular formula is C11H18N4O. The van der Waals surface area contributed by atoms with Gasteiger partial charge in [0.1, 0.15) is 6.33 Å². The maximum atomic E-state index is 11.5. The molecule has 0 saturated carbocycles. The van der Waals surface area contributed by atoms with Gasteiger partial charge in [0.25, 0.3) is 5.91 Å². The summed E-state index contributed by atoms with van der Waals surface area (Å²) >= 11 is 0. The van der Waals surface area contributed by atoms with Crippen molar-refractivity contribution in [3.63, 3.8) is 0 Å². The molecule has 0 spiro atoms. The Kier molecular flexibility index (Phi) is 6.10. The van der Waals surface area contributed by atoms with Crippen molar-refractivity contribution in [1.29, 1.82) is 0 Å². The van der Waals surface area contributed by atoms with Crippen molar-refractivity contribution in [2.24, 2.45) is 5.73 Å². The quantitative estimate of drug-likeness (QED) is 0.666. The van der Waals surface area contributed by atoms with Crippen molar-refractivity contribution in [3.05, 3.63) is 24.3 Å². The lowest BCUT2D eigenvalue weighted by Gasteiger charge is -2.04. The highest BCUT2D eigenvalue weighted by atomic mass is 16.1. The number of nitrogens with zero attached hydrogens (tertiary/aromatic N) is 2. The van der Waals surface area contributed by atoms with E-state index >= 15 is 0 Å². The summed E-state index contributed by atoms with van der Waals surface area (Å²) in [5.74, 6) is -0.112. The molecule has 0 bridgehead atoms. The third kappa shape index (κ3) is 4.84. The number of hydrogen-bond donors (Lipinski definition) is 2. The molecule has 0 aromatic carbocycles. The van der Waals surface area contributed by atoms with Gasteiger partial charge in [0, 0.05) is 18.9 Å². The summed E-state index contributed by atoms with van der Waals surface area (Å²) < 4.78 is 0. The maximum absolute atomic E-state index is 11.5. The van der Waals surface area contributed by atoms with Crippen LogP contribution in [0.4, 0.5) is 0 Å². The van der Waals surface area contributed by atoms with Crippen LogP contribution in [-0.2, 0) is 0 Å². The van der Waals surface area contributed by atoms with Crippen LogP contribution in [0.15, 0.2) is 18.7 Å². The zero-order chi connectivity index (χ0) is 11.6. The van der Waals surface area contributed by atoms with Crippen LogP contribution in [0.1, 0.15) is 36.0 Å². The third-order valence-electron chi connectivity index (χ3n) is 2.24. The Balaban J connectivity index is 2.12. The van der Waals surface area contributed by atoms with Gasteiger partial charge in [-0.2, -0.15) is 0 Å². The maximum Gasteiger partial charge on any atom is 0.254 e. The molecule has 1 heterocycles. The normalized spacial score (nSPS) is 10.1. The smallest absolute Gasteiger partial charge is 0.254 e. The lowest BCUT2D eigenvalue weighted by molar-refractivity contribution is 0.0952. The molecule has 0 fully saturated rings. The van der Waals surface area contributed by atoms with Gasteiger partial charge in [0.2, 0.25) is 0 Å². The Morgan fingerprint density at radius 3 is 2.56 bits per heavy atom. The standard InChI is InChI=1S/C11H18N4O/c12-5-3-1-2-4-6-15-11(16)10-7-13-9-14-8-10/h7-9H,1-6,12H2,(H,15,16). The van der Waals surface area contributed by atoms with Gasteiger partial charge in [0.05, 0.1) is 5.56 Å². The Morgan fingerprint density at radius 1 is 1.19 bits per heavy atom. The summed E-state index contributed by atoms with van der Waals surface area (Å²) in [4.78, 5) is 19.1. The molecule has 1 rings (SSSR count). The van der Waals surface area contributed by atoms with Crippen molar-refractivity contribution < 1.29 is 4.79 Å². The number of unbranched alkanes of at least 4 members (excludes halogenated alkanes) is 3. The summed E-state index contributed by atoms with van der Waals surface area (Å²) in [7, 11) is 0. The van der Waals surface area contributed by atoms with Gasteiger partial charge in [-0.3, -0.25) is 4.79 Å². The van der Waals surface area contributed by atoms with Crippen LogP contribution in [0.2, 0.25) is 0 Å². The van der Waals surface area contributed by atoms with E-state index in [-0.39, 0.29) is 5.91 Å². The van der Waals surface area contributed by atoms with Gasteiger partial charge in [-0.1, -0.05) is 12.8 Å². The van der Waals surface area contributed by atoms with E-state index in [1.807, 2.05) is 0 Å². The molecular weight excluding hydrogens is 204 g/mol. The summed E-state index contributed by atoms with van der Waals surface area (Å²) in [5, 5.41) is 2.83. The molecule has 0 aliphatic rings. The van der Waals surface area contributed by atoms with Crippen molar-refractivity contribution in [1.82, 2.24) is 15.3 Å². The highest BCUT2D eigenvalue weighted by molar-refractivity contribution is 5.93. The van der Waals surface area contributed by atoms with E-state index in [0.29, 0.717) is 12.1 Å². The molecule has 0 unspecified atom stereocenters. The van der Waals surface area contributed by atoms with Gasteiger partial charge in [0.15, 0.2) is 0 Å². The first-order valence-electron chi connectivity index (χ1n) is 5.58. The fraction of sp³-hybridized carbons (Fsp3) is 0.545. The Hall–Kier alpha value is -1.49. The fourth-order valence-corrected chi connectivity index (χ4v) is 1.34. The first-order chi connectivity index (χ1) is 7.84. The van der Waals surface area contributed by atoms with E-state index in [2.05, 4.69) is 15.3 Å². The molecule has 1 amide bonds. The Morgan fingerprint density at radius 2 is 1.88 bits per heavy atom. The summed E-state index contributed by atoms with van der Waals surface area (Å²) in [6, 6.07) is 0. The van der Waals surface area contributed by atoms with E-state index in [0.717, 1.165) is 32.2 Å².